The Kier molecular flexibility index (Phi) is 6.61. The van der Waals surface area contributed by atoms with Crippen LogP contribution in [0.4, 0.5) is 4.79 Å². The Balaban J connectivity index is 1.54. The van der Waals surface area contributed by atoms with Gasteiger partial charge in [-0.15, -0.1) is 0 Å². The molecule has 0 bridgehead atoms. The molecule has 1 fully saturated rings. The Labute approximate surface area is 189 Å². The molecule has 7 nitrogen and oxygen atoms in total. The third kappa shape index (κ3) is 4.70. The van der Waals surface area contributed by atoms with Gasteiger partial charge in [0.15, 0.2) is 0 Å². The van der Waals surface area contributed by atoms with Gasteiger partial charge in [-0.25, -0.2) is 0 Å². The first-order chi connectivity index (χ1) is 15.6. The average molecular weight is 451 g/mol. The SMILES string of the molecule is CCOC(=O)CN1C(=O)S/C(=C\c2cn(CCOc3ccccc3)c3ccccc23)C1=O. The molecule has 0 atom stereocenters. The molecule has 3 aromatic rings. The Morgan fingerprint density at radius 1 is 1.06 bits per heavy atom. The van der Waals surface area contributed by atoms with E-state index in [1.54, 1.807) is 13.0 Å². The van der Waals surface area contributed by atoms with Crippen molar-refractivity contribution in [2.75, 3.05) is 19.8 Å². The summed E-state index contributed by atoms with van der Waals surface area (Å²) in [7, 11) is 0. The molecular weight excluding hydrogens is 428 g/mol. The van der Waals surface area contributed by atoms with Gasteiger partial charge >= 0.3 is 5.97 Å². The number of hydrogen-bond donors (Lipinski definition) is 0. The standard InChI is InChI=1S/C24H22N2O5S/c1-2-30-22(27)16-26-23(28)21(32-24(26)29)14-17-15-25(20-11-7-6-10-19(17)20)12-13-31-18-8-4-3-5-9-18/h3-11,14-15H,2,12-13,16H2,1H3/b21-14-. The molecular formula is C24H22N2O5S. The highest BCUT2D eigenvalue weighted by atomic mass is 32.2. The number of aromatic nitrogens is 1. The van der Waals surface area contributed by atoms with Crippen LogP contribution in [0, 0.1) is 0 Å². The molecule has 2 amide bonds. The first-order valence-electron chi connectivity index (χ1n) is 10.2. The number of hydrogen-bond acceptors (Lipinski definition) is 6. The van der Waals surface area contributed by atoms with Gasteiger partial charge in [-0.1, -0.05) is 36.4 Å². The first-order valence-corrected chi connectivity index (χ1v) is 11.0. The average Bonchev–Trinajstić information content (AvgIpc) is 3.27. The van der Waals surface area contributed by atoms with Crippen LogP contribution in [0.15, 0.2) is 65.7 Å². The maximum atomic E-state index is 12.7. The molecule has 4 rings (SSSR count). The molecule has 1 aromatic heterocycles. The summed E-state index contributed by atoms with van der Waals surface area (Å²) in [6.07, 6.45) is 3.64. The molecule has 0 spiro atoms. The zero-order valence-corrected chi connectivity index (χ0v) is 18.3. The van der Waals surface area contributed by atoms with Gasteiger partial charge < -0.3 is 14.0 Å². The fourth-order valence-electron chi connectivity index (χ4n) is 3.47. The van der Waals surface area contributed by atoms with E-state index in [9.17, 15) is 14.4 Å². The molecule has 2 aromatic carbocycles. The lowest BCUT2D eigenvalue weighted by atomic mass is 10.1. The van der Waals surface area contributed by atoms with Crippen LogP contribution < -0.4 is 4.74 Å². The van der Waals surface area contributed by atoms with E-state index in [0.29, 0.717) is 13.2 Å². The zero-order valence-electron chi connectivity index (χ0n) is 17.5. The minimum atomic E-state index is -0.605. The van der Waals surface area contributed by atoms with E-state index in [1.807, 2.05) is 60.8 Å². The molecule has 164 valence electrons. The van der Waals surface area contributed by atoms with Gasteiger partial charge in [-0.05, 0) is 43.0 Å². The number of thioether (sulfide) groups is 1. The highest BCUT2D eigenvalue weighted by molar-refractivity contribution is 8.18. The van der Waals surface area contributed by atoms with Gasteiger partial charge in [-0.2, -0.15) is 0 Å². The molecule has 0 aliphatic carbocycles. The second kappa shape index (κ2) is 9.74. The first kappa shape index (κ1) is 21.7. The van der Waals surface area contributed by atoms with Crippen LogP contribution in [0.25, 0.3) is 17.0 Å². The van der Waals surface area contributed by atoms with Gasteiger partial charge in [0.25, 0.3) is 11.1 Å². The molecule has 0 saturated carbocycles. The van der Waals surface area contributed by atoms with E-state index in [2.05, 4.69) is 4.57 Å². The van der Waals surface area contributed by atoms with Crippen LogP contribution >= 0.6 is 11.8 Å². The summed E-state index contributed by atoms with van der Waals surface area (Å²) in [6, 6.07) is 17.5. The maximum absolute atomic E-state index is 12.7. The lowest BCUT2D eigenvalue weighted by Gasteiger charge is -2.10. The summed E-state index contributed by atoms with van der Waals surface area (Å²) in [5.41, 5.74) is 1.82. The minimum absolute atomic E-state index is 0.193. The summed E-state index contributed by atoms with van der Waals surface area (Å²) in [4.78, 5) is 37.9. The number of benzene rings is 2. The van der Waals surface area contributed by atoms with Gasteiger partial charge in [0.2, 0.25) is 0 Å². The van der Waals surface area contributed by atoms with Crippen molar-refractivity contribution in [3.63, 3.8) is 0 Å². The minimum Gasteiger partial charge on any atom is -0.492 e. The van der Waals surface area contributed by atoms with Crippen molar-refractivity contribution >= 4 is 45.9 Å². The summed E-state index contributed by atoms with van der Waals surface area (Å²) < 4.78 is 12.7. The normalized spacial score (nSPS) is 15.0. The van der Waals surface area contributed by atoms with Crippen molar-refractivity contribution in [1.82, 2.24) is 9.47 Å². The molecule has 1 aliphatic rings. The lowest BCUT2D eigenvalue weighted by molar-refractivity contribution is -0.145. The van der Waals surface area contributed by atoms with Crippen LogP contribution in [-0.4, -0.2) is 46.3 Å². The zero-order chi connectivity index (χ0) is 22.5. The summed E-state index contributed by atoms with van der Waals surface area (Å²) in [6.45, 7) is 2.59. The molecule has 0 radical (unpaired) electrons. The molecule has 1 aliphatic heterocycles. The van der Waals surface area contributed by atoms with Crippen molar-refractivity contribution < 1.29 is 23.9 Å². The van der Waals surface area contributed by atoms with E-state index in [-0.39, 0.29) is 18.1 Å². The van der Waals surface area contributed by atoms with E-state index in [0.717, 1.165) is 38.9 Å². The van der Waals surface area contributed by atoms with Crippen molar-refractivity contribution in [2.24, 2.45) is 0 Å². The number of esters is 1. The van der Waals surface area contributed by atoms with Crippen LogP contribution in [0.3, 0.4) is 0 Å². The van der Waals surface area contributed by atoms with E-state index < -0.39 is 17.1 Å². The largest absolute Gasteiger partial charge is 0.492 e. The number of fused-ring (bicyclic) bond motifs is 1. The molecule has 2 heterocycles. The van der Waals surface area contributed by atoms with Crippen LogP contribution in [-0.2, 0) is 20.9 Å². The lowest BCUT2D eigenvalue weighted by Crippen LogP contribution is -2.34. The summed E-state index contributed by atoms with van der Waals surface area (Å²) in [5.74, 6) is -0.289. The van der Waals surface area contributed by atoms with Gasteiger partial charge in [0.05, 0.1) is 18.1 Å². The highest BCUT2D eigenvalue weighted by Crippen LogP contribution is 2.34. The number of amides is 2. The summed E-state index contributed by atoms with van der Waals surface area (Å²) in [5, 5.41) is 0.485. The smallest absolute Gasteiger partial charge is 0.326 e. The topological polar surface area (TPSA) is 77.8 Å². The summed E-state index contributed by atoms with van der Waals surface area (Å²) >= 11 is 0.826. The third-order valence-electron chi connectivity index (χ3n) is 4.92. The molecule has 0 N–H and O–H groups in total. The van der Waals surface area contributed by atoms with Crippen molar-refractivity contribution in [2.45, 2.75) is 13.5 Å². The molecule has 1 saturated heterocycles. The Bertz CT molecular complexity index is 1190. The van der Waals surface area contributed by atoms with Crippen LogP contribution in [0.1, 0.15) is 12.5 Å². The van der Waals surface area contributed by atoms with Crippen molar-refractivity contribution in [3.8, 4) is 5.75 Å². The number of carbonyl (C=O) groups is 3. The fraction of sp³-hybridized carbons (Fsp3) is 0.208. The number of nitrogens with zero attached hydrogens (tertiary/aromatic N) is 2. The predicted octanol–water partition coefficient (Wildman–Crippen LogP) is 4.32. The Hall–Kier alpha value is -3.52. The van der Waals surface area contributed by atoms with E-state index in [4.69, 9.17) is 9.47 Å². The monoisotopic (exact) mass is 450 g/mol. The number of imide groups is 1. The molecule has 8 heteroatoms. The number of ether oxygens (including phenoxy) is 2. The number of para-hydroxylation sites is 2. The quantitative estimate of drug-likeness (QED) is 0.376. The van der Waals surface area contributed by atoms with Crippen LogP contribution in [0.2, 0.25) is 0 Å². The fourth-order valence-corrected chi connectivity index (χ4v) is 4.30. The van der Waals surface area contributed by atoms with Crippen LogP contribution in [0.5, 0.6) is 5.75 Å². The predicted molar refractivity (Wildman–Crippen MR) is 123 cm³/mol. The van der Waals surface area contributed by atoms with Gasteiger partial charge in [-0.3, -0.25) is 19.3 Å². The Morgan fingerprint density at radius 3 is 2.59 bits per heavy atom. The highest BCUT2D eigenvalue weighted by Gasteiger charge is 2.36. The number of carbonyl (C=O) groups excluding carboxylic acids is 3. The maximum Gasteiger partial charge on any atom is 0.326 e. The molecule has 32 heavy (non-hydrogen) atoms. The second-order valence-electron chi connectivity index (χ2n) is 7.03. The van der Waals surface area contributed by atoms with E-state index in [1.165, 1.54) is 0 Å². The van der Waals surface area contributed by atoms with Gasteiger partial charge in [0, 0.05) is 22.7 Å². The third-order valence-corrected chi connectivity index (χ3v) is 5.82. The van der Waals surface area contributed by atoms with E-state index >= 15 is 0 Å². The molecule has 0 unspecified atom stereocenters. The van der Waals surface area contributed by atoms with Crippen molar-refractivity contribution in [1.29, 1.82) is 0 Å². The second-order valence-corrected chi connectivity index (χ2v) is 8.02. The Morgan fingerprint density at radius 2 is 1.81 bits per heavy atom. The number of rotatable bonds is 8. The van der Waals surface area contributed by atoms with Crippen molar-refractivity contribution in [3.05, 3.63) is 71.3 Å². The van der Waals surface area contributed by atoms with Gasteiger partial charge in [0.1, 0.15) is 18.9 Å².